The number of rotatable bonds is 4. The number of nitrogens with one attached hydrogen (secondary N) is 2. The molecule has 78 valence electrons. The van der Waals surface area contributed by atoms with E-state index in [1.165, 1.54) is 6.07 Å². The summed E-state index contributed by atoms with van der Waals surface area (Å²) in [6, 6.07) is 1.51. The summed E-state index contributed by atoms with van der Waals surface area (Å²) in [5.41, 5.74) is 12.6. The zero-order valence-corrected chi connectivity index (χ0v) is 9.50. The minimum absolute atomic E-state index is 0.208. The molecule has 0 saturated carbocycles. The van der Waals surface area contributed by atoms with Crippen LogP contribution in [0.25, 0.3) is 10.4 Å². The highest BCUT2D eigenvalue weighted by Crippen LogP contribution is 2.33. The standard InChI is InChI=1S/C6H4BrN5O2S/c7-4-1-3(10-12-8)5(15-4)6(14)11-9-2-13/h1-2H,(H,9,13)(H,11,14). The molecule has 9 heteroatoms. The summed E-state index contributed by atoms with van der Waals surface area (Å²) in [4.78, 5) is 24.1. The molecule has 15 heavy (non-hydrogen) atoms. The lowest BCUT2D eigenvalue weighted by Gasteiger charge is -2.00. The molecule has 7 nitrogen and oxygen atoms in total. The van der Waals surface area contributed by atoms with Gasteiger partial charge in [-0.2, -0.15) is 0 Å². The lowest BCUT2D eigenvalue weighted by atomic mass is 10.4. The molecule has 1 aromatic heterocycles. The Morgan fingerprint density at radius 1 is 1.73 bits per heavy atom. The topological polar surface area (TPSA) is 107 Å². The van der Waals surface area contributed by atoms with Gasteiger partial charge in [0.05, 0.1) is 9.47 Å². The first-order valence-electron chi connectivity index (χ1n) is 3.53. The normalized spacial score (nSPS) is 8.87. The highest BCUT2D eigenvalue weighted by Gasteiger charge is 2.13. The van der Waals surface area contributed by atoms with Crippen LogP contribution in [0.5, 0.6) is 0 Å². The molecule has 0 spiro atoms. The Kier molecular flexibility index (Phi) is 4.10. The zero-order valence-electron chi connectivity index (χ0n) is 7.10. The Labute approximate surface area is 96.2 Å². The molecule has 0 aliphatic rings. The van der Waals surface area contributed by atoms with Crippen LogP contribution in [0.4, 0.5) is 5.69 Å². The molecule has 0 unspecified atom stereocenters. The van der Waals surface area contributed by atoms with Gasteiger partial charge in [-0.1, -0.05) is 5.11 Å². The third-order valence-electron chi connectivity index (χ3n) is 1.29. The molecule has 1 rings (SSSR count). The van der Waals surface area contributed by atoms with Crippen LogP contribution in [-0.4, -0.2) is 12.3 Å². The number of thiophene rings is 1. The molecule has 0 aliphatic heterocycles. The van der Waals surface area contributed by atoms with Crippen molar-refractivity contribution >= 4 is 45.3 Å². The van der Waals surface area contributed by atoms with Crippen LogP contribution in [0.15, 0.2) is 15.0 Å². The van der Waals surface area contributed by atoms with Crippen molar-refractivity contribution in [1.29, 1.82) is 0 Å². The van der Waals surface area contributed by atoms with Gasteiger partial charge in [-0.15, -0.1) is 11.3 Å². The second-order valence-electron chi connectivity index (χ2n) is 2.17. The molecule has 0 aromatic carbocycles. The fourth-order valence-electron chi connectivity index (χ4n) is 0.789. The van der Waals surface area contributed by atoms with Crippen molar-refractivity contribution in [3.8, 4) is 0 Å². The van der Waals surface area contributed by atoms with Crippen LogP contribution in [0.2, 0.25) is 0 Å². The number of hydrogen-bond acceptors (Lipinski definition) is 4. The maximum absolute atomic E-state index is 11.4. The Hall–Kier alpha value is -1.57. The Morgan fingerprint density at radius 2 is 2.47 bits per heavy atom. The largest absolute Gasteiger partial charge is 0.280 e. The third kappa shape index (κ3) is 2.94. The van der Waals surface area contributed by atoms with Crippen LogP contribution in [-0.2, 0) is 4.79 Å². The van der Waals surface area contributed by atoms with Crippen molar-refractivity contribution in [3.63, 3.8) is 0 Å². The molecule has 0 radical (unpaired) electrons. The van der Waals surface area contributed by atoms with Crippen LogP contribution in [0.3, 0.4) is 0 Å². The van der Waals surface area contributed by atoms with E-state index < -0.39 is 5.91 Å². The van der Waals surface area contributed by atoms with Crippen LogP contribution in [0.1, 0.15) is 9.67 Å². The van der Waals surface area contributed by atoms with Gasteiger partial charge >= 0.3 is 0 Å². The summed E-state index contributed by atoms with van der Waals surface area (Å²) in [6.07, 6.45) is 0.327. The number of halogens is 1. The fourth-order valence-corrected chi connectivity index (χ4v) is 2.21. The average Bonchev–Trinajstić information content (AvgIpc) is 2.57. The molecule has 0 bridgehead atoms. The van der Waals surface area contributed by atoms with Gasteiger partial charge in [0.2, 0.25) is 6.41 Å². The van der Waals surface area contributed by atoms with Gasteiger partial charge in [0.15, 0.2) is 0 Å². The van der Waals surface area contributed by atoms with Crippen molar-refractivity contribution in [2.75, 3.05) is 0 Å². The van der Waals surface area contributed by atoms with Gasteiger partial charge in [-0.3, -0.25) is 20.4 Å². The van der Waals surface area contributed by atoms with E-state index >= 15 is 0 Å². The Bertz CT molecular complexity index is 439. The third-order valence-corrected chi connectivity index (χ3v) is 2.91. The van der Waals surface area contributed by atoms with Crippen LogP contribution in [0, 0.1) is 0 Å². The Morgan fingerprint density at radius 3 is 3.07 bits per heavy atom. The fraction of sp³-hybridized carbons (Fsp3) is 0. The molecule has 1 heterocycles. The minimum Gasteiger partial charge on any atom is -0.277 e. The molecule has 0 aliphatic carbocycles. The summed E-state index contributed by atoms with van der Waals surface area (Å²) in [5.74, 6) is -0.541. The van der Waals surface area contributed by atoms with E-state index in [4.69, 9.17) is 5.53 Å². The second kappa shape index (κ2) is 5.35. The number of nitrogens with zero attached hydrogens (tertiary/aromatic N) is 3. The predicted molar refractivity (Wildman–Crippen MR) is 57.5 cm³/mol. The van der Waals surface area contributed by atoms with Crippen LogP contribution < -0.4 is 10.9 Å². The summed E-state index contributed by atoms with van der Waals surface area (Å²) in [7, 11) is 0. The van der Waals surface area contributed by atoms with E-state index in [2.05, 4.69) is 31.4 Å². The summed E-state index contributed by atoms with van der Waals surface area (Å²) in [6.45, 7) is 0. The van der Waals surface area contributed by atoms with Gasteiger partial charge in [0.25, 0.3) is 5.91 Å². The lowest BCUT2D eigenvalue weighted by Crippen LogP contribution is -2.35. The molecule has 0 fully saturated rings. The van der Waals surface area contributed by atoms with Crippen molar-refractivity contribution < 1.29 is 9.59 Å². The SMILES string of the molecule is [N-]=[N+]=Nc1cc(Br)sc1C(=O)NNC=O. The number of hydrogen-bond donors (Lipinski definition) is 2. The van der Waals surface area contributed by atoms with Gasteiger partial charge in [0, 0.05) is 4.91 Å². The molecule has 0 atom stereocenters. The van der Waals surface area contributed by atoms with E-state index in [1.807, 2.05) is 5.43 Å². The Balaban J connectivity index is 2.96. The monoisotopic (exact) mass is 289 g/mol. The van der Waals surface area contributed by atoms with E-state index in [-0.39, 0.29) is 10.6 Å². The molecular formula is C6H4BrN5O2S. The number of carbonyl (C=O) groups excluding carboxylic acids is 2. The maximum atomic E-state index is 11.4. The van der Waals surface area contributed by atoms with Crippen molar-refractivity contribution in [2.45, 2.75) is 0 Å². The predicted octanol–water partition coefficient (Wildman–Crippen LogP) is 1.84. The van der Waals surface area contributed by atoms with E-state index in [0.29, 0.717) is 10.2 Å². The lowest BCUT2D eigenvalue weighted by molar-refractivity contribution is -0.110. The molecular weight excluding hydrogens is 286 g/mol. The van der Waals surface area contributed by atoms with E-state index in [0.717, 1.165) is 11.3 Å². The quantitative estimate of drug-likeness (QED) is 0.290. The number of amides is 2. The first kappa shape index (κ1) is 11.5. The summed E-state index contributed by atoms with van der Waals surface area (Å²) in [5, 5.41) is 3.34. The van der Waals surface area contributed by atoms with Crippen LogP contribution >= 0.6 is 27.3 Å². The summed E-state index contributed by atoms with van der Waals surface area (Å²) >= 11 is 4.25. The smallest absolute Gasteiger partial charge is 0.277 e. The number of azide groups is 1. The van der Waals surface area contributed by atoms with Gasteiger partial charge in [-0.05, 0) is 27.5 Å². The van der Waals surface area contributed by atoms with Gasteiger partial charge in [0.1, 0.15) is 4.88 Å². The molecule has 2 N–H and O–H groups in total. The summed E-state index contributed by atoms with van der Waals surface area (Å²) < 4.78 is 0.654. The van der Waals surface area contributed by atoms with Crippen molar-refractivity contribution in [2.24, 2.45) is 5.11 Å². The minimum atomic E-state index is -0.541. The van der Waals surface area contributed by atoms with Gasteiger partial charge < -0.3 is 0 Å². The zero-order chi connectivity index (χ0) is 11.3. The molecule has 0 saturated heterocycles. The van der Waals surface area contributed by atoms with Crippen molar-refractivity contribution in [1.82, 2.24) is 10.9 Å². The average molecular weight is 290 g/mol. The first-order chi connectivity index (χ1) is 7.19. The molecule has 2 amide bonds. The maximum Gasteiger partial charge on any atom is 0.280 e. The second-order valence-corrected chi connectivity index (χ2v) is 4.60. The number of carbonyl (C=O) groups is 2. The highest BCUT2D eigenvalue weighted by atomic mass is 79.9. The van der Waals surface area contributed by atoms with E-state index in [1.54, 1.807) is 0 Å². The molecule has 1 aromatic rings. The number of hydrazine groups is 1. The van der Waals surface area contributed by atoms with E-state index in [9.17, 15) is 9.59 Å². The van der Waals surface area contributed by atoms with Gasteiger partial charge in [-0.25, -0.2) is 0 Å². The highest BCUT2D eigenvalue weighted by molar-refractivity contribution is 9.11. The first-order valence-corrected chi connectivity index (χ1v) is 5.14. The van der Waals surface area contributed by atoms with Crippen molar-refractivity contribution in [3.05, 3.63) is 25.2 Å².